The number of primary amides is 1. The molecule has 2 aromatic heterocycles. The molecule has 2 heterocycles. The van der Waals surface area contributed by atoms with Gasteiger partial charge in [0.15, 0.2) is 11.5 Å². The maximum atomic E-state index is 12.0. The maximum absolute atomic E-state index is 12.0. The van der Waals surface area contributed by atoms with Crippen molar-refractivity contribution in [2.75, 3.05) is 26.0 Å². The Morgan fingerprint density at radius 1 is 1.12 bits per heavy atom. The first-order valence-electron chi connectivity index (χ1n) is 10.1. The zero-order valence-electron chi connectivity index (χ0n) is 18.0. The smallest absolute Gasteiger partial charge is 0.271 e. The minimum atomic E-state index is -0.676. The second kappa shape index (κ2) is 9.62. The molecule has 0 aliphatic rings. The van der Waals surface area contributed by atoms with E-state index >= 15 is 0 Å². The number of para-hydroxylation sites is 1. The molecule has 3 N–H and O–H groups in total. The van der Waals surface area contributed by atoms with Gasteiger partial charge in [-0.05, 0) is 50.5 Å². The van der Waals surface area contributed by atoms with E-state index < -0.39 is 5.91 Å². The monoisotopic (exact) mass is 484 g/mol. The third kappa shape index (κ3) is 5.00. The predicted molar refractivity (Wildman–Crippen MR) is 129 cm³/mol. The average molecular weight is 485 g/mol. The van der Waals surface area contributed by atoms with Crippen molar-refractivity contribution in [3.8, 4) is 17.1 Å². The maximum Gasteiger partial charge on any atom is 0.271 e. The van der Waals surface area contributed by atoms with Crippen LogP contribution in [0.1, 0.15) is 10.5 Å². The van der Waals surface area contributed by atoms with E-state index in [1.807, 2.05) is 42.9 Å². The number of nitrogens with one attached hydrogen (secondary N) is 1. The highest BCUT2D eigenvalue weighted by Gasteiger charge is 2.18. The van der Waals surface area contributed by atoms with Gasteiger partial charge in [-0.15, -0.1) is 10.2 Å². The Bertz CT molecular complexity index is 1260. The van der Waals surface area contributed by atoms with Crippen LogP contribution in [-0.4, -0.2) is 56.0 Å². The number of nitrogens with zero attached hydrogens (tertiary/aromatic N) is 6. The summed E-state index contributed by atoms with van der Waals surface area (Å²) in [5.41, 5.74) is 8.17. The van der Waals surface area contributed by atoms with Gasteiger partial charge in [0.2, 0.25) is 0 Å². The first-order valence-corrected chi connectivity index (χ1v) is 10.8. The second-order valence-electron chi connectivity index (χ2n) is 7.62. The fourth-order valence-electron chi connectivity index (χ4n) is 3.28. The third-order valence-electron chi connectivity index (χ3n) is 4.94. The highest BCUT2D eigenvalue weighted by molar-refractivity contribution is 6.37. The first kappa shape index (κ1) is 22.8. The molecule has 0 aliphatic heterocycles. The van der Waals surface area contributed by atoms with Crippen LogP contribution >= 0.6 is 23.2 Å². The van der Waals surface area contributed by atoms with Gasteiger partial charge in [0, 0.05) is 24.3 Å². The molecule has 0 spiro atoms. The zero-order valence-corrected chi connectivity index (χ0v) is 19.5. The van der Waals surface area contributed by atoms with Gasteiger partial charge in [-0.2, -0.15) is 5.10 Å². The van der Waals surface area contributed by atoms with Crippen LogP contribution in [0.4, 0.5) is 11.4 Å². The summed E-state index contributed by atoms with van der Waals surface area (Å²) in [5, 5.41) is 16.6. The highest BCUT2D eigenvalue weighted by Crippen LogP contribution is 2.31. The molecule has 0 aliphatic carbocycles. The molecule has 1 amide bonds. The number of carbonyl (C=O) groups is 1. The van der Waals surface area contributed by atoms with E-state index in [0.29, 0.717) is 21.4 Å². The van der Waals surface area contributed by atoms with Gasteiger partial charge in [0.25, 0.3) is 5.91 Å². The van der Waals surface area contributed by atoms with Crippen LogP contribution < -0.4 is 11.1 Å². The number of nitrogens with two attached hydrogens (primary N) is 1. The Labute approximate surface area is 200 Å². The number of carbonyl (C=O) groups excluding carboxylic acids is 1. The van der Waals surface area contributed by atoms with Gasteiger partial charge in [0.1, 0.15) is 12.0 Å². The normalized spacial score (nSPS) is 11.2. The predicted octanol–water partition coefficient (Wildman–Crippen LogP) is 3.84. The summed E-state index contributed by atoms with van der Waals surface area (Å²) in [4.78, 5) is 14.1. The van der Waals surface area contributed by atoms with E-state index in [0.717, 1.165) is 30.2 Å². The van der Waals surface area contributed by atoms with Crippen molar-refractivity contribution in [2.45, 2.75) is 6.54 Å². The fourth-order valence-corrected chi connectivity index (χ4v) is 3.85. The number of hydrogen-bond acceptors (Lipinski definition) is 6. The molecule has 170 valence electrons. The number of hydrogen-bond donors (Lipinski definition) is 2. The molecule has 4 aromatic rings. The Hall–Kier alpha value is -3.40. The number of halogens is 2. The summed E-state index contributed by atoms with van der Waals surface area (Å²) < 4.78 is 3.44. The van der Waals surface area contributed by atoms with Crippen molar-refractivity contribution >= 4 is 40.5 Å². The number of anilines is 2. The van der Waals surface area contributed by atoms with Crippen LogP contribution in [0.2, 0.25) is 10.0 Å². The van der Waals surface area contributed by atoms with Crippen LogP contribution in [0, 0.1) is 0 Å². The Morgan fingerprint density at radius 2 is 1.82 bits per heavy atom. The van der Waals surface area contributed by atoms with E-state index in [4.69, 9.17) is 28.9 Å². The molecule has 4 rings (SSSR count). The Balaban J connectivity index is 1.60. The quantitative estimate of drug-likeness (QED) is 0.393. The van der Waals surface area contributed by atoms with Gasteiger partial charge in [-0.1, -0.05) is 29.3 Å². The summed E-state index contributed by atoms with van der Waals surface area (Å²) in [7, 11) is 4.04. The molecule has 0 bridgehead atoms. The van der Waals surface area contributed by atoms with Crippen molar-refractivity contribution in [1.29, 1.82) is 0 Å². The van der Waals surface area contributed by atoms with Gasteiger partial charge in [0.05, 0.1) is 21.9 Å². The SMILES string of the molecule is CN(C)CCn1cnnc1-c1ccc(Nc2cn(-c3c(Cl)cccc3Cl)nc2C(N)=O)cc1. The van der Waals surface area contributed by atoms with E-state index in [9.17, 15) is 4.79 Å². The molecule has 2 aromatic carbocycles. The summed E-state index contributed by atoms with van der Waals surface area (Å²) >= 11 is 12.6. The molecule has 0 saturated carbocycles. The van der Waals surface area contributed by atoms with Crippen LogP contribution in [0.5, 0.6) is 0 Å². The molecule has 11 heteroatoms. The van der Waals surface area contributed by atoms with Crippen LogP contribution in [0.15, 0.2) is 55.0 Å². The largest absolute Gasteiger partial charge is 0.364 e. The molecule has 0 fully saturated rings. The molecule has 0 unspecified atom stereocenters. The number of amides is 1. The Kier molecular flexibility index (Phi) is 6.64. The topological polar surface area (TPSA) is 107 Å². The Morgan fingerprint density at radius 3 is 2.45 bits per heavy atom. The number of rotatable bonds is 8. The summed E-state index contributed by atoms with van der Waals surface area (Å²) in [5.74, 6) is 0.104. The fraction of sp³-hybridized carbons (Fsp3) is 0.182. The first-order chi connectivity index (χ1) is 15.8. The lowest BCUT2D eigenvalue weighted by Gasteiger charge is -2.12. The summed E-state index contributed by atoms with van der Waals surface area (Å²) in [6.07, 6.45) is 3.34. The summed E-state index contributed by atoms with van der Waals surface area (Å²) in [6, 6.07) is 12.7. The highest BCUT2D eigenvalue weighted by atomic mass is 35.5. The zero-order chi connectivity index (χ0) is 23.5. The summed E-state index contributed by atoms with van der Waals surface area (Å²) in [6.45, 7) is 1.65. The van der Waals surface area contributed by atoms with E-state index in [1.165, 1.54) is 4.68 Å². The minimum absolute atomic E-state index is 0.0680. The molecule has 0 radical (unpaired) electrons. The average Bonchev–Trinajstić information content (AvgIpc) is 3.40. The molecule has 0 atom stereocenters. The van der Waals surface area contributed by atoms with Crippen molar-refractivity contribution < 1.29 is 4.79 Å². The number of likely N-dealkylation sites (N-methyl/N-ethyl adjacent to an activating group) is 1. The van der Waals surface area contributed by atoms with Gasteiger partial charge < -0.3 is 20.5 Å². The molecular formula is C22H22Cl2N8O. The van der Waals surface area contributed by atoms with Crippen molar-refractivity contribution in [3.05, 3.63) is 70.7 Å². The van der Waals surface area contributed by atoms with E-state index in [-0.39, 0.29) is 5.69 Å². The molecule has 9 nitrogen and oxygen atoms in total. The van der Waals surface area contributed by atoms with Gasteiger partial charge >= 0.3 is 0 Å². The lowest BCUT2D eigenvalue weighted by Crippen LogP contribution is -2.18. The van der Waals surface area contributed by atoms with Crippen LogP contribution in [-0.2, 0) is 6.54 Å². The molecule has 33 heavy (non-hydrogen) atoms. The number of aromatic nitrogens is 5. The van der Waals surface area contributed by atoms with E-state index in [2.05, 4.69) is 25.5 Å². The van der Waals surface area contributed by atoms with Crippen molar-refractivity contribution in [2.24, 2.45) is 5.73 Å². The second-order valence-corrected chi connectivity index (χ2v) is 8.44. The van der Waals surface area contributed by atoms with Crippen LogP contribution in [0.25, 0.3) is 17.1 Å². The van der Waals surface area contributed by atoms with Crippen molar-refractivity contribution in [3.63, 3.8) is 0 Å². The van der Waals surface area contributed by atoms with Gasteiger partial charge in [-0.25, -0.2) is 4.68 Å². The van der Waals surface area contributed by atoms with E-state index in [1.54, 1.807) is 30.7 Å². The third-order valence-corrected chi connectivity index (χ3v) is 5.55. The van der Waals surface area contributed by atoms with Gasteiger partial charge in [-0.3, -0.25) is 4.79 Å². The standard InChI is InChI=1S/C22H22Cl2N8O/c1-30(2)10-11-31-13-26-28-22(31)14-6-8-15(9-7-14)27-18-12-32(29-19(18)21(25)33)20-16(23)4-3-5-17(20)24/h3-9,12-13,27H,10-11H2,1-2H3,(H2,25,33). The van der Waals surface area contributed by atoms with Crippen LogP contribution in [0.3, 0.4) is 0 Å². The molecular weight excluding hydrogens is 463 g/mol. The molecule has 0 saturated heterocycles. The minimum Gasteiger partial charge on any atom is -0.364 e. The lowest BCUT2D eigenvalue weighted by molar-refractivity contribution is 0.0996. The number of benzene rings is 2. The lowest BCUT2D eigenvalue weighted by atomic mass is 10.2. The van der Waals surface area contributed by atoms with Crippen molar-refractivity contribution in [1.82, 2.24) is 29.4 Å².